The largest absolute Gasteiger partial charge is 0.465 e. The number of carbonyl (C=O) groups is 3. The number of methoxy groups -OCH3 is 1. The van der Waals surface area contributed by atoms with E-state index in [0.717, 1.165) is 10.6 Å². The van der Waals surface area contributed by atoms with Crippen LogP contribution in [0.1, 0.15) is 34.8 Å². The fraction of sp³-hybridized carbons (Fsp3) is 0.238. The quantitative estimate of drug-likeness (QED) is 0.475. The van der Waals surface area contributed by atoms with Crippen LogP contribution < -0.4 is 5.32 Å². The summed E-state index contributed by atoms with van der Waals surface area (Å²) >= 11 is 0. The summed E-state index contributed by atoms with van der Waals surface area (Å²) in [5.74, 6) is -0.831. The van der Waals surface area contributed by atoms with Crippen LogP contribution in [-0.2, 0) is 16.0 Å². The van der Waals surface area contributed by atoms with Gasteiger partial charge in [-0.2, -0.15) is 5.10 Å². The van der Waals surface area contributed by atoms with Crippen molar-refractivity contribution in [1.82, 2.24) is 10.3 Å². The Balaban J connectivity index is 1.67. The number of amides is 3. The van der Waals surface area contributed by atoms with Gasteiger partial charge in [0.2, 0.25) is 0 Å². The zero-order valence-corrected chi connectivity index (χ0v) is 15.7. The van der Waals surface area contributed by atoms with E-state index in [1.807, 2.05) is 30.3 Å². The molecule has 0 spiro atoms. The number of hydrogen-bond acceptors (Lipinski definition) is 5. The molecule has 0 saturated carbocycles. The molecular weight excluding hydrogens is 358 g/mol. The summed E-state index contributed by atoms with van der Waals surface area (Å²) < 4.78 is 4.64. The SMILES string of the molecule is COC(=O)c1ccc(/C=N\N2C(=O)N[C@@](C)(CCc3ccccc3)C2=O)cc1. The summed E-state index contributed by atoms with van der Waals surface area (Å²) in [5.41, 5.74) is 1.15. The Kier molecular flexibility index (Phi) is 5.54. The Bertz CT molecular complexity index is 909. The maximum atomic E-state index is 12.7. The molecule has 1 saturated heterocycles. The van der Waals surface area contributed by atoms with E-state index in [1.165, 1.54) is 13.3 Å². The lowest BCUT2D eigenvalue weighted by molar-refractivity contribution is -0.130. The van der Waals surface area contributed by atoms with Gasteiger partial charge in [0.1, 0.15) is 5.54 Å². The third-order valence-electron chi connectivity index (χ3n) is 4.65. The van der Waals surface area contributed by atoms with Crippen LogP contribution in [0.15, 0.2) is 59.7 Å². The molecule has 0 unspecified atom stereocenters. The van der Waals surface area contributed by atoms with Crippen molar-refractivity contribution in [2.45, 2.75) is 25.3 Å². The van der Waals surface area contributed by atoms with Crippen molar-refractivity contribution in [3.63, 3.8) is 0 Å². The van der Waals surface area contributed by atoms with Crippen LogP contribution in [0.3, 0.4) is 0 Å². The third-order valence-corrected chi connectivity index (χ3v) is 4.65. The van der Waals surface area contributed by atoms with E-state index in [2.05, 4.69) is 15.2 Å². The molecule has 1 atom stereocenters. The van der Waals surface area contributed by atoms with Gasteiger partial charge < -0.3 is 10.1 Å². The Morgan fingerprint density at radius 2 is 1.82 bits per heavy atom. The normalized spacial score (nSPS) is 19.1. The second kappa shape index (κ2) is 8.04. The van der Waals surface area contributed by atoms with Crippen LogP contribution in [0, 0.1) is 0 Å². The van der Waals surface area contributed by atoms with Crippen molar-refractivity contribution >= 4 is 24.1 Å². The first kappa shape index (κ1) is 19.3. The summed E-state index contributed by atoms with van der Waals surface area (Å²) in [6.45, 7) is 1.71. The molecule has 7 heteroatoms. The molecule has 2 aromatic rings. The number of hydrazone groups is 1. The van der Waals surface area contributed by atoms with E-state index < -0.39 is 23.4 Å². The monoisotopic (exact) mass is 379 g/mol. The van der Waals surface area contributed by atoms with Crippen molar-refractivity contribution in [3.8, 4) is 0 Å². The average molecular weight is 379 g/mol. The summed E-state index contributed by atoms with van der Waals surface area (Å²) in [7, 11) is 1.31. The van der Waals surface area contributed by atoms with E-state index in [9.17, 15) is 14.4 Å². The Morgan fingerprint density at radius 3 is 2.46 bits per heavy atom. The van der Waals surface area contributed by atoms with Gasteiger partial charge >= 0.3 is 12.0 Å². The van der Waals surface area contributed by atoms with Crippen LogP contribution in [0.2, 0.25) is 0 Å². The van der Waals surface area contributed by atoms with E-state index in [-0.39, 0.29) is 0 Å². The fourth-order valence-electron chi connectivity index (χ4n) is 2.93. The number of benzene rings is 2. The highest BCUT2D eigenvalue weighted by Gasteiger charge is 2.47. The van der Waals surface area contributed by atoms with Crippen molar-refractivity contribution in [2.75, 3.05) is 7.11 Å². The van der Waals surface area contributed by atoms with Crippen molar-refractivity contribution in [1.29, 1.82) is 0 Å². The van der Waals surface area contributed by atoms with E-state index in [1.54, 1.807) is 31.2 Å². The highest BCUT2D eigenvalue weighted by Crippen LogP contribution is 2.23. The lowest BCUT2D eigenvalue weighted by atomic mass is 9.93. The van der Waals surface area contributed by atoms with Crippen molar-refractivity contribution in [2.24, 2.45) is 5.10 Å². The van der Waals surface area contributed by atoms with Gasteiger partial charge in [0.15, 0.2) is 0 Å². The first-order valence-corrected chi connectivity index (χ1v) is 8.86. The summed E-state index contributed by atoms with van der Waals surface area (Å²) in [4.78, 5) is 36.4. The van der Waals surface area contributed by atoms with Crippen LogP contribution in [-0.4, -0.2) is 41.8 Å². The van der Waals surface area contributed by atoms with Crippen molar-refractivity contribution in [3.05, 3.63) is 71.3 Å². The number of aryl methyl sites for hydroxylation is 1. The number of nitrogens with one attached hydrogen (secondary N) is 1. The molecule has 28 heavy (non-hydrogen) atoms. The fourth-order valence-corrected chi connectivity index (χ4v) is 2.93. The summed E-state index contributed by atoms with van der Waals surface area (Å²) in [5, 5.41) is 7.61. The maximum absolute atomic E-state index is 12.7. The molecule has 0 radical (unpaired) electrons. The Morgan fingerprint density at radius 1 is 1.14 bits per heavy atom. The van der Waals surface area contributed by atoms with E-state index in [4.69, 9.17) is 0 Å². The zero-order chi connectivity index (χ0) is 20.1. The van der Waals surface area contributed by atoms with Gasteiger partial charge in [-0.1, -0.05) is 42.5 Å². The average Bonchev–Trinajstić information content (AvgIpc) is 2.94. The molecule has 0 aromatic heterocycles. The lowest BCUT2D eigenvalue weighted by Gasteiger charge is -2.20. The molecular formula is C21H21N3O4. The minimum Gasteiger partial charge on any atom is -0.465 e. The number of urea groups is 1. The van der Waals surface area contributed by atoms with E-state index in [0.29, 0.717) is 24.0 Å². The number of hydrogen-bond donors (Lipinski definition) is 1. The maximum Gasteiger partial charge on any atom is 0.346 e. The number of ether oxygens (including phenoxy) is 1. The number of nitrogens with zero attached hydrogens (tertiary/aromatic N) is 2. The zero-order valence-electron chi connectivity index (χ0n) is 15.7. The van der Waals surface area contributed by atoms with Gasteiger partial charge in [-0.3, -0.25) is 4.79 Å². The third kappa shape index (κ3) is 4.09. The number of carbonyl (C=O) groups excluding carboxylic acids is 3. The highest BCUT2D eigenvalue weighted by molar-refractivity contribution is 6.07. The van der Waals surface area contributed by atoms with Crippen LogP contribution in [0.5, 0.6) is 0 Å². The van der Waals surface area contributed by atoms with Crippen LogP contribution in [0.4, 0.5) is 4.79 Å². The minimum atomic E-state index is -1.00. The summed E-state index contributed by atoms with van der Waals surface area (Å²) in [6.07, 6.45) is 2.54. The molecule has 1 heterocycles. The molecule has 1 fully saturated rings. The van der Waals surface area contributed by atoms with Gasteiger partial charge in [0.05, 0.1) is 18.9 Å². The number of esters is 1. The molecule has 3 rings (SSSR count). The Labute approximate surface area is 163 Å². The van der Waals surface area contributed by atoms with Crippen molar-refractivity contribution < 1.29 is 19.1 Å². The first-order valence-electron chi connectivity index (χ1n) is 8.86. The van der Waals surface area contributed by atoms with Gasteiger partial charge in [-0.25, -0.2) is 9.59 Å². The molecule has 7 nitrogen and oxygen atoms in total. The van der Waals surface area contributed by atoms with Gasteiger partial charge in [0.25, 0.3) is 5.91 Å². The second-order valence-electron chi connectivity index (χ2n) is 6.72. The Hall–Kier alpha value is -3.48. The molecule has 0 bridgehead atoms. The van der Waals surface area contributed by atoms with Gasteiger partial charge in [-0.15, -0.1) is 5.01 Å². The predicted octanol–water partition coefficient (Wildman–Crippen LogP) is 2.75. The van der Waals surface area contributed by atoms with Crippen LogP contribution >= 0.6 is 0 Å². The first-order chi connectivity index (χ1) is 13.4. The standard InChI is InChI=1S/C21H21N3O4/c1-21(13-12-15-6-4-3-5-7-15)19(26)24(20(27)23-21)22-14-16-8-10-17(11-9-16)18(25)28-2/h3-11,14H,12-13H2,1-2H3,(H,23,27)/b22-14-/t21-/m0/s1. The smallest absolute Gasteiger partial charge is 0.346 e. The van der Waals surface area contributed by atoms with E-state index >= 15 is 0 Å². The minimum absolute atomic E-state index is 0.393. The molecule has 2 aromatic carbocycles. The predicted molar refractivity (Wildman–Crippen MR) is 104 cm³/mol. The number of rotatable bonds is 6. The van der Waals surface area contributed by atoms with Crippen LogP contribution in [0.25, 0.3) is 0 Å². The summed E-state index contributed by atoms with van der Waals surface area (Å²) in [6, 6.07) is 15.7. The topological polar surface area (TPSA) is 88.1 Å². The van der Waals surface area contributed by atoms with Gasteiger partial charge in [0, 0.05) is 0 Å². The molecule has 144 valence electrons. The molecule has 1 aliphatic rings. The molecule has 1 aliphatic heterocycles. The molecule has 1 N–H and O–H groups in total. The lowest BCUT2D eigenvalue weighted by Crippen LogP contribution is -2.44. The highest BCUT2D eigenvalue weighted by atomic mass is 16.5. The van der Waals surface area contributed by atoms with Gasteiger partial charge in [-0.05, 0) is 43.0 Å². The number of imide groups is 1. The second-order valence-corrected chi connectivity index (χ2v) is 6.72. The molecule has 0 aliphatic carbocycles. The molecule has 3 amide bonds.